The second-order valence-corrected chi connectivity index (χ2v) is 8.83. The van der Waals surface area contributed by atoms with Crippen molar-refractivity contribution in [2.24, 2.45) is 0 Å². The summed E-state index contributed by atoms with van der Waals surface area (Å²) in [5.41, 5.74) is 3.04. The number of methoxy groups -OCH3 is 1. The number of hydrogen-bond donors (Lipinski definition) is 1. The maximum atomic E-state index is 12.4. The van der Waals surface area contributed by atoms with Gasteiger partial charge in [-0.15, -0.1) is 21.5 Å². The Bertz CT molecular complexity index is 1140. The maximum Gasteiger partial charge on any atom is 0.230 e. The Hall–Kier alpha value is -3.10. The summed E-state index contributed by atoms with van der Waals surface area (Å²) in [6.07, 6.45) is 0. The number of hydrogen-bond acceptors (Lipinski definition) is 6. The van der Waals surface area contributed by atoms with E-state index in [1.165, 1.54) is 17.3 Å². The largest absolute Gasteiger partial charge is 0.497 e. The Kier molecular flexibility index (Phi) is 6.69. The SMILES string of the molecule is COc1ccc(-c2nnc(SCC(=O)NCc3cccs3)n2-c2ccc(C)cc2)cc1. The van der Waals surface area contributed by atoms with E-state index in [2.05, 4.69) is 27.6 Å². The molecular weight excluding hydrogens is 428 g/mol. The van der Waals surface area contributed by atoms with Gasteiger partial charge in [-0.3, -0.25) is 9.36 Å². The molecule has 0 saturated heterocycles. The Morgan fingerprint density at radius 1 is 1.10 bits per heavy atom. The number of aryl methyl sites for hydroxylation is 1. The van der Waals surface area contributed by atoms with Gasteiger partial charge in [0.05, 0.1) is 19.4 Å². The number of benzene rings is 2. The quantitative estimate of drug-likeness (QED) is 0.393. The van der Waals surface area contributed by atoms with Gasteiger partial charge in [-0.2, -0.15) is 0 Å². The van der Waals surface area contributed by atoms with Crippen molar-refractivity contribution in [2.75, 3.05) is 12.9 Å². The Morgan fingerprint density at radius 2 is 1.87 bits per heavy atom. The predicted octanol–water partition coefficient (Wildman–Crippen LogP) is 4.72. The monoisotopic (exact) mass is 450 g/mol. The fourth-order valence-corrected chi connectivity index (χ4v) is 4.42. The molecule has 4 aromatic rings. The fourth-order valence-electron chi connectivity index (χ4n) is 3.00. The summed E-state index contributed by atoms with van der Waals surface area (Å²) in [7, 11) is 1.64. The van der Waals surface area contributed by atoms with Crippen molar-refractivity contribution in [2.45, 2.75) is 18.6 Å². The molecule has 1 amide bonds. The summed E-state index contributed by atoms with van der Waals surface area (Å²) in [5.74, 6) is 1.72. The van der Waals surface area contributed by atoms with E-state index in [4.69, 9.17) is 4.74 Å². The van der Waals surface area contributed by atoms with E-state index in [9.17, 15) is 4.79 Å². The molecule has 0 fully saturated rings. The third-order valence-corrected chi connectivity index (χ3v) is 6.45. The molecule has 0 bridgehead atoms. The lowest BCUT2D eigenvalue weighted by atomic mass is 10.2. The highest BCUT2D eigenvalue weighted by Crippen LogP contribution is 2.29. The van der Waals surface area contributed by atoms with Crippen LogP contribution in [-0.2, 0) is 11.3 Å². The van der Waals surface area contributed by atoms with Gasteiger partial charge < -0.3 is 10.1 Å². The van der Waals surface area contributed by atoms with Gasteiger partial charge in [0.2, 0.25) is 5.91 Å². The van der Waals surface area contributed by atoms with Crippen LogP contribution >= 0.6 is 23.1 Å². The summed E-state index contributed by atoms with van der Waals surface area (Å²) in [6.45, 7) is 2.59. The second kappa shape index (κ2) is 9.80. The highest BCUT2D eigenvalue weighted by Gasteiger charge is 2.17. The van der Waals surface area contributed by atoms with Crippen molar-refractivity contribution in [3.8, 4) is 22.8 Å². The average Bonchev–Trinajstić information content (AvgIpc) is 3.47. The molecule has 0 aliphatic rings. The number of carbonyl (C=O) groups excluding carboxylic acids is 1. The molecule has 0 radical (unpaired) electrons. The molecule has 4 rings (SSSR count). The zero-order chi connectivity index (χ0) is 21.6. The van der Waals surface area contributed by atoms with E-state index >= 15 is 0 Å². The summed E-state index contributed by atoms with van der Waals surface area (Å²) in [5, 5.41) is 14.4. The van der Waals surface area contributed by atoms with Gasteiger partial charge in [0.25, 0.3) is 0 Å². The lowest BCUT2D eigenvalue weighted by molar-refractivity contribution is -0.118. The highest BCUT2D eigenvalue weighted by molar-refractivity contribution is 7.99. The van der Waals surface area contributed by atoms with Gasteiger partial charge in [0.1, 0.15) is 5.75 Å². The van der Waals surface area contributed by atoms with Crippen LogP contribution in [0.25, 0.3) is 17.1 Å². The van der Waals surface area contributed by atoms with E-state index in [1.54, 1.807) is 18.4 Å². The molecule has 31 heavy (non-hydrogen) atoms. The Morgan fingerprint density at radius 3 is 2.55 bits per heavy atom. The van der Waals surface area contributed by atoms with Crippen LogP contribution in [0.4, 0.5) is 0 Å². The zero-order valence-corrected chi connectivity index (χ0v) is 18.9. The lowest BCUT2D eigenvalue weighted by Gasteiger charge is -2.11. The number of rotatable bonds is 8. The molecule has 158 valence electrons. The van der Waals surface area contributed by atoms with Crippen LogP contribution in [-0.4, -0.2) is 33.5 Å². The van der Waals surface area contributed by atoms with E-state index < -0.39 is 0 Å². The van der Waals surface area contributed by atoms with Crippen LogP contribution in [0.1, 0.15) is 10.4 Å². The summed E-state index contributed by atoms with van der Waals surface area (Å²) < 4.78 is 7.25. The molecule has 2 aromatic heterocycles. The van der Waals surface area contributed by atoms with Crippen molar-refractivity contribution < 1.29 is 9.53 Å². The first-order chi connectivity index (χ1) is 15.1. The van der Waals surface area contributed by atoms with Crippen LogP contribution in [0.5, 0.6) is 5.75 Å². The Balaban J connectivity index is 1.57. The number of thioether (sulfide) groups is 1. The lowest BCUT2D eigenvalue weighted by Crippen LogP contribution is -2.24. The Labute approximate surface area is 189 Å². The molecule has 0 unspecified atom stereocenters. The van der Waals surface area contributed by atoms with Crippen molar-refractivity contribution in [1.82, 2.24) is 20.1 Å². The minimum atomic E-state index is -0.0390. The minimum Gasteiger partial charge on any atom is -0.497 e. The normalized spacial score (nSPS) is 10.8. The first kappa shape index (κ1) is 21.1. The number of carbonyl (C=O) groups is 1. The number of ether oxygens (including phenoxy) is 1. The number of aromatic nitrogens is 3. The first-order valence-corrected chi connectivity index (χ1v) is 11.6. The molecule has 1 N–H and O–H groups in total. The van der Waals surface area contributed by atoms with Gasteiger partial charge in [-0.25, -0.2) is 0 Å². The van der Waals surface area contributed by atoms with E-state index in [0.29, 0.717) is 17.5 Å². The molecule has 0 saturated carbocycles. The molecular formula is C23H22N4O2S2. The fraction of sp³-hybridized carbons (Fsp3) is 0.174. The van der Waals surface area contributed by atoms with Crippen LogP contribution in [0, 0.1) is 6.92 Å². The molecule has 0 spiro atoms. The molecule has 0 aliphatic carbocycles. The summed E-state index contributed by atoms with van der Waals surface area (Å²) in [6, 6.07) is 19.9. The number of amides is 1. The topological polar surface area (TPSA) is 69.0 Å². The molecule has 8 heteroatoms. The van der Waals surface area contributed by atoms with Gasteiger partial charge in [0.15, 0.2) is 11.0 Å². The van der Waals surface area contributed by atoms with Crippen LogP contribution in [0.15, 0.2) is 71.2 Å². The van der Waals surface area contributed by atoms with Gasteiger partial charge >= 0.3 is 0 Å². The van der Waals surface area contributed by atoms with Gasteiger partial charge in [0, 0.05) is 16.1 Å². The highest BCUT2D eigenvalue weighted by atomic mass is 32.2. The molecule has 0 aliphatic heterocycles. The molecule has 2 heterocycles. The van der Waals surface area contributed by atoms with E-state index in [-0.39, 0.29) is 11.7 Å². The first-order valence-electron chi connectivity index (χ1n) is 9.73. The van der Waals surface area contributed by atoms with Crippen molar-refractivity contribution >= 4 is 29.0 Å². The van der Waals surface area contributed by atoms with Gasteiger partial charge in [-0.05, 0) is 54.8 Å². The molecule has 2 aromatic carbocycles. The van der Waals surface area contributed by atoms with E-state index in [0.717, 1.165) is 21.9 Å². The van der Waals surface area contributed by atoms with Crippen molar-refractivity contribution in [1.29, 1.82) is 0 Å². The average molecular weight is 451 g/mol. The predicted molar refractivity (Wildman–Crippen MR) is 125 cm³/mol. The third-order valence-electron chi connectivity index (χ3n) is 4.65. The zero-order valence-electron chi connectivity index (χ0n) is 17.2. The number of nitrogens with zero attached hydrogens (tertiary/aromatic N) is 3. The van der Waals surface area contributed by atoms with Crippen molar-refractivity contribution in [3.63, 3.8) is 0 Å². The smallest absolute Gasteiger partial charge is 0.230 e. The van der Waals surface area contributed by atoms with Crippen molar-refractivity contribution in [3.05, 3.63) is 76.5 Å². The standard InChI is InChI=1S/C23H22N4O2S2/c1-16-5-9-18(10-6-16)27-22(17-7-11-19(29-2)12-8-17)25-26-23(27)31-15-21(28)24-14-20-4-3-13-30-20/h3-13H,14-15H2,1-2H3,(H,24,28). The van der Waals surface area contributed by atoms with Gasteiger partial charge in [-0.1, -0.05) is 35.5 Å². The maximum absolute atomic E-state index is 12.4. The minimum absolute atomic E-state index is 0.0390. The van der Waals surface area contributed by atoms with Crippen LogP contribution < -0.4 is 10.1 Å². The van der Waals surface area contributed by atoms with Crippen LogP contribution in [0.3, 0.4) is 0 Å². The summed E-state index contributed by atoms with van der Waals surface area (Å²) >= 11 is 3.00. The third kappa shape index (κ3) is 5.15. The molecule has 6 nitrogen and oxygen atoms in total. The number of thiophene rings is 1. The van der Waals surface area contributed by atoms with Crippen LogP contribution in [0.2, 0.25) is 0 Å². The number of nitrogens with one attached hydrogen (secondary N) is 1. The second-order valence-electron chi connectivity index (χ2n) is 6.85. The van der Waals surface area contributed by atoms with E-state index in [1.807, 2.05) is 65.4 Å². The summed E-state index contributed by atoms with van der Waals surface area (Å²) in [4.78, 5) is 13.5. The molecule has 0 atom stereocenters.